The summed E-state index contributed by atoms with van der Waals surface area (Å²) in [4.78, 5) is 21.4. The van der Waals surface area contributed by atoms with E-state index in [-0.39, 0.29) is 12.2 Å². The lowest BCUT2D eigenvalue weighted by atomic mass is 10.2. The summed E-state index contributed by atoms with van der Waals surface area (Å²) in [7, 11) is 0. The van der Waals surface area contributed by atoms with Crippen molar-refractivity contribution in [2.75, 3.05) is 45.2 Å². The molecule has 4 rings (SSSR count). The zero-order valence-electron chi connectivity index (χ0n) is 15.5. The Morgan fingerprint density at radius 1 is 1.18 bits per heavy atom. The van der Waals surface area contributed by atoms with Gasteiger partial charge in [0.2, 0.25) is 0 Å². The van der Waals surface area contributed by atoms with Crippen LogP contribution in [0, 0.1) is 0 Å². The maximum atomic E-state index is 13.2. The summed E-state index contributed by atoms with van der Waals surface area (Å²) in [5.41, 5.74) is 1.83. The van der Waals surface area contributed by atoms with E-state index in [1.807, 2.05) is 36.4 Å². The van der Waals surface area contributed by atoms with Crippen molar-refractivity contribution in [1.29, 1.82) is 0 Å². The van der Waals surface area contributed by atoms with Crippen LogP contribution in [0.15, 0.2) is 46.3 Å². The minimum Gasteiger partial charge on any atom is -0.396 e. The topological polar surface area (TPSA) is 67.6 Å². The summed E-state index contributed by atoms with van der Waals surface area (Å²) >= 11 is 2.93. The molecule has 2 aromatic heterocycles. The predicted molar refractivity (Wildman–Crippen MR) is 114 cm³/mol. The average Bonchev–Trinajstić information content (AvgIpc) is 3.17. The molecule has 0 radical (unpaired) electrons. The largest absolute Gasteiger partial charge is 0.396 e. The molecule has 1 saturated heterocycles. The van der Waals surface area contributed by atoms with Gasteiger partial charge in [0.1, 0.15) is 4.70 Å². The van der Waals surface area contributed by atoms with Crippen LogP contribution in [0.3, 0.4) is 0 Å². The van der Waals surface area contributed by atoms with E-state index < -0.39 is 0 Å². The van der Waals surface area contributed by atoms with Crippen LogP contribution in [0.1, 0.15) is 0 Å². The highest BCUT2D eigenvalue weighted by molar-refractivity contribution is 7.99. The van der Waals surface area contributed by atoms with Crippen molar-refractivity contribution in [2.24, 2.45) is 0 Å². The van der Waals surface area contributed by atoms with Gasteiger partial charge in [0.25, 0.3) is 5.56 Å². The first-order valence-corrected chi connectivity index (χ1v) is 11.2. The Hall–Kier alpha value is -1.71. The first kappa shape index (κ1) is 19.6. The Kier molecular flexibility index (Phi) is 6.43. The van der Waals surface area contributed by atoms with Gasteiger partial charge in [-0.1, -0.05) is 42.1 Å². The number of aliphatic hydroxyl groups excluding tert-OH is 1. The van der Waals surface area contributed by atoms with Gasteiger partial charge in [-0.25, -0.2) is 4.98 Å². The van der Waals surface area contributed by atoms with Crippen molar-refractivity contribution in [3.8, 4) is 10.4 Å². The average molecular weight is 418 g/mol. The molecule has 1 N–H and O–H groups in total. The van der Waals surface area contributed by atoms with Crippen LogP contribution < -0.4 is 5.56 Å². The van der Waals surface area contributed by atoms with Crippen molar-refractivity contribution in [2.45, 2.75) is 11.7 Å². The molecule has 1 aliphatic heterocycles. The number of rotatable bonds is 7. The van der Waals surface area contributed by atoms with Crippen molar-refractivity contribution in [3.63, 3.8) is 0 Å². The molecular formula is C20H23N3O3S2. The fourth-order valence-corrected chi connectivity index (χ4v) is 5.06. The van der Waals surface area contributed by atoms with E-state index in [4.69, 9.17) is 9.72 Å². The summed E-state index contributed by atoms with van der Waals surface area (Å²) in [6.07, 6.45) is 0. The third kappa shape index (κ3) is 4.31. The summed E-state index contributed by atoms with van der Waals surface area (Å²) in [6, 6.07) is 12.1. The second-order valence-corrected chi connectivity index (χ2v) is 8.68. The second-order valence-electron chi connectivity index (χ2n) is 6.57. The van der Waals surface area contributed by atoms with Crippen LogP contribution >= 0.6 is 23.1 Å². The lowest BCUT2D eigenvalue weighted by molar-refractivity contribution is 0.0359. The molecule has 1 aliphatic rings. The quantitative estimate of drug-likeness (QED) is 0.471. The number of morpholine rings is 1. The molecule has 0 spiro atoms. The molecule has 1 aromatic carbocycles. The number of nitrogens with zero attached hydrogens (tertiary/aromatic N) is 3. The number of aliphatic hydroxyl groups is 1. The maximum Gasteiger partial charge on any atom is 0.272 e. The number of fused-ring (bicyclic) bond motifs is 1. The minimum absolute atomic E-state index is 0.00544. The van der Waals surface area contributed by atoms with Gasteiger partial charge >= 0.3 is 0 Å². The highest BCUT2D eigenvalue weighted by atomic mass is 32.2. The third-order valence-corrected chi connectivity index (χ3v) is 6.84. The molecular weight excluding hydrogens is 394 g/mol. The first-order valence-electron chi connectivity index (χ1n) is 9.40. The number of benzene rings is 1. The zero-order chi connectivity index (χ0) is 19.3. The number of aromatic nitrogens is 2. The van der Waals surface area contributed by atoms with E-state index in [1.165, 1.54) is 23.1 Å². The molecule has 28 heavy (non-hydrogen) atoms. The van der Waals surface area contributed by atoms with Crippen LogP contribution in [0.2, 0.25) is 0 Å². The van der Waals surface area contributed by atoms with E-state index >= 15 is 0 Å². The Balaban J connectivity index is 1.68. The van der Waals surface area contributed by atoms with E-state index in [0.29, 0.717) is 22.2 Å². The van der Waals surface area contributed by atoms with Gasteiger partial charge in [0.05, 0.1) is 25.3 Å². The Bertz CT molecular complexity index is 982. The highest BCUT2D eigenvalue weighted by Gasteiger charge is 2.17. The molecule has 0 unspecified atom stereocenters. The summed E-state index contributed by atoms with van der Waals surface area (Å²) in [6.45, 7) is 4.70. The summed E-state index contributed by atoms with van der Waals surface area (Å²) < 4.78 is 7.86. The van der Waals surface area contributed by atoms with Gasteiger partial charge in [0, 0.05) is 36.8 Å². The number of hydrogen-bond acceptors (Lipinski definition) is 7. The fraction of sp³-hybridized carbons (Fsp3) is 0.400. The van der Waals surface area contributed by atoms with Crippen molar-refractivity contribution in [3.05, 3.63) is 46.8 Å². The van der Waals surface area contributed by atoms with Crippen LogP contribution in [-0.2, 0) is 11.3 Å². The van der Waals surface area contributed by atoms with Gasteiger partial charge in [-0.2, -0.15) is 0 Å². The molecule has 0 amide bonds. The SMILES string of the molecule is O=c1c2sc(-c3ccccc3)cc2nc(SCCO)n1CCN1CCOCC1. The van der Waals surface area contributed by atoms with Crippen LogP contribution in [-0.4, -0.2) is 64.8 Å². The molecule has 148 valence electrons. The molecule has 1 fully saturated rings. The Morgan fingerprint density at radius 2 is 1.96 bits per heavy atom. The molecule has 6 nitrogen and oxygen atoms in total. The van der Waals surface area contributed by atoms with E-state index in [2.05, 4.69) is 4.90 Å². The monoisotopic (exact) mass is 417 g/mol. The predicted octanol–water partition coefficient (Wildman–Crippen LogP) is 2.54. The summed E-state index contributed by atoms with van der Waals surface area (Å²) in [5, 5.41) is 9.91. The van der Waals surface area contributed by atoms with Crippen molar-refractivity contribution in [1.82, 2.24) is 14.5 Å². The van der Waals surface area contributed by atoms with Gasteiger partial charge in [0.15, 0.2) is 5.16 Å². The van der Waals surface area contributed by atoms with E-state index in [0.717, 1.165) is 48.8 Å². The maximum absolute atomic E-state index is 13.2. The Labute approximate surface area is 171 Å². The smallest absolute Gasteiger partial charge is 0.272 e. The molecule has 0 saturated carbocycles. The van der Waals surface area contributed by atoms with Gasteiger partial charge in [-0.3, -0.25) is 14.3 Å². The fourth-order valence-electron chi connectivity index (χ4n) is 3.25. The minimum atomic E-state index is 0.00544. The van der Waals surface area contributed by atoms with E-state index in [9.17, 15) is 9.90 Å². The van der Waals surface area contributed by atoms with Crippen LogP contribution in [0.4, 0.5) is 0 Å². The third-order valence-electron chi connectivity index (χ3n) is 4.72. The lowest BCUT2D eigenvalue weighted by Gasteiger charge is -2.27. The molecule has 3 heterocycles. The summed E-state index contributed by atoms with van der Waals surface area (Å²) in [5.74, 6) is 0.519. The van der Waals surface area contributed by atoms with Crippen LogP contribution in [0.5, 0.6) is 0 Å². The lowest BCUT2D eigenvalue weighted by Crippen LogP contribution is -2.39. The number of ether oxygens (including phenoxy) is 1. The second kappa shape index (κ2) is 9.19. The number of thioether (sulfide) groups is 1. The van der Waals surface area contributed by atoms with Crippen molar-refractivity contribution < 1.29 is 9.84 Å². The van der Waals surface area contributed by atoms with Crippen LogP contribution in [0.25, 0.3) is 20.7 Å². The van der Waals surface area contributed by atoms with Gasteiger partial charge in [-0.05, 0) is 11.6 Å². The highest BCUT2D eigenvalue weighted by Crippen LogP contribution is 2.31. The van der Waals surface area contributed by atoms with Gasteiger partial charge in [-0.15, -0.1) is 11.3 Å². The van der Waals surface area contributed by atoms with Crippen molar-refractivity contribution >= 4 is 33.3 Å². The molecule has 8 heteroatoms. The molecule has 0 bridgehead atoms. The molecule has 0 aliphatic carbocycles. The number of hydrogen-bond donors (Lipinski definition) is 1. The zero-order valence-corrected chi connectivity index (χ0v) is 17.2. The van der Waals surface area contributed by atoms with Gasteiger partial charge < -0.3 is 9.84 Å². The molecule has 0 atom stereocenters. The van der Waals surface area contributed by atoms with E-state index in [1.54, 1.807) is 4.57 Å². The Morgan fingerprint density at radius 3 is 2.71 bits per heavy atom. The normalized spacial score (nSPS) is 15.3. The first-order chi connectivity index (χ1) is 13.8. The number of thiophene rings is 1. The standard InChI is InChI=1S/C20H23N3O3S2/c24-10-13-27-20-21-16-14-17(15-4-2-1-3-5-15)28-18(16)19(25)23(20)7-6-22-8-11-26-12-9-22/h1-5,14,24H,6-13H2. The molecule has 3 aromatic rings.